The Kier molecular flexibility index (Phi) is 5.44. The number of hydrogen-bond donors (Lipinski definition) is 1. The number of para-hydroxylation sites is 2. The number of carbonyl (C=O) groups is 1. The zero-order valence-corrected chi connectivity index (χ0v) is 16.6. The molecule has 28 heavy (non-hydrogen) atoms. The molecule has 0 radical (unpaired) electrons. The summed E-state index contributed by atoms with van der Waals surface area (Å²) < 4.78 is 4.11. The molecule has 5 nitrogen and oxygen atoms in total. The zero-order chi connectivity index (χ0) is 19.5. The van der Waals surface area contributed by atoms with E-state index in [1.807, 2.05) is 54.0 Å². The normalized spacial score (nSPS) is 15.2. The maximum absolute atomic E-state index is 12.8. The number of fused-ring (bicyclic) bond motifs is 1. The maximum atomic E-state index is 12.8. The predicted octanol–water partition coefficient (Wildman–Crippen LogP) is 3.19. The Hall–Kier alpha value is -2.66. The molecule has 1 aliphatic rings. The standard InChI is InChI=1S/C23H28N4O/c1-18-9-11-19(12-10-18)22(28)17-27-21-8-4-3-7-20(21)26(23(27)24)16-15-25-13-5-2-6-14-25/h3-4,7-12,24H,2,5-6,13-17H2,1H3/p+1. The number of carbonyl (C=O) groups excluding carboxylic acids is 1. The Morgan fingerprint density at radius 2 is 1.71 bits per heavy atom. The number of nitrogen functional groups attached to an aromatic ring is 1. The number of aromatic nitrogens is 2. The number of likely N-dealkylation sites (tertiary alicyclic amines) is 1. The van der Waals surface area contributed by atoms with Crippen molar-refractivity contribution in [2.75, 3.05) is 25.4 Å². The first kappa shape index (κ1) is 18.7. The van der Waals surface area contributed by atoms with Crippen molar-refractivity contribution in [3.63, 3.8) is 0 Å². The van der Waals surface area contributed by atoms with Gasteiger partial charge in [-0.25, -0.2) is 9.13 Å². The third-order valence-electron chi connectivity index (χ3n) is 5.78. The van der Waals surface area contributed by atoms with Gasteiger partial charge in [-0.05, 0) is 45.0 Å². The van der Waals surface area contributed by atoms with Gasteiger partial charge in [-0.15, -0.1) is 0 Å². The van der Waals surface area contributed by atoms with Crippen molar-refractivity contribution in [3.05, 3.63) is 59.7 Å². The Bertz CT molecular complexity index is 968. The fourth-order valence-electron chi connectivity index (χ4n) is 4.11. The van der Waals surface area contributed by atoms with Crippen LogP contribution in [0.25, 0.3) is 11.0 Å². The number of nitrogens with zero attached hydrogens (tertiary/aromatic N) is 3. The molecule has 0 unspecified atom stereocenters. The van der Waals surface area contributed by atoms with Crippen LogP contribution < -0.4 is 10.3 Å². The van der Waals surface area contributed by atoms with Gasteiger partial charge in [0.2, 0.25) is 0 Å². The summed E-state index contributed by atoms with van der Waals surface area (Å²) in [5.41, 5.74) is 10.5. The van der Waals surface area contributed by atoms with Crippen molar-refractivity contribution in [3.8, 4) is 0 Å². The Morgan fingerprint density at radius 1 is 1.00 bits per heavy atom. The van der Waals surface area contributed by atoms with Crippen LogP contribution in [0, 0.1) is 6.92 Å². The summed E-state index contributed by atoms with van der Waals surface area (Å²) in [4.78, 5) is 15.4. The van der Waals surface area contributed by atoms with Crippen LogP contribution in [0.1, 0.15) is 35.2 Å². The van der Waals surface area contributed by atoms with Gasteiger partial charge in [0, 0.05) is 12.1 Å². The van der Waals surface area contributed by atoms with Crippen LogP contribution in [0.15, 0.2) is 48.5 Å². The lowest BCUT2D eigenvalue weighted by atomic mass is 10.1. The molecule has 2 heterocycles. The van der Waals surface area contributed by atoms with E-state index in [-0.39, 0.29) is 12.3 Å². The summed E-state index contributed by atoms with van der Waals surface area (Å²) in [6, 6.07) is 15.9. The SMILES string of the molecule is Cc1ccc(C(=O)C[n+]2c(N)n(CCN3CCCCC3)c3ccccc32)cc1. The monoisotopic (exact) mass is 377 g/mol. The van der Waals surface area contributed by atoms with Crippen molar-refractivity contribution in [1.29, 1.82) is 0 Å². The first-order chi connectivity index (χ1) is 13.6. The van der Waals surface area contributed by atoms with Crippen LogP contribution in [-0.4, -0.2) is 34.9 Å². The predicted molar refractivity (Wildman–Crippen MR) is 112 cm³/mol. The molecule has 0 saturated carbocycles. The molecule has 0 spiro atoms. The van der Waals surface area contributed by atoms with Crippen molar-refractivity contribution < 1.29 is 9.36 Å². The average Bonchev–Trinajstić information content (AvgIpc) is 2.99. The Morgan fingerprint density at radius 3 is 2.46 bits per heavy atom. The van der Waals surface area contributed by atoms with Crippen LogP contribution in [0.3, 0.4) is 0 Å². The molecular formula is C23H29N4O+. The van der Waals surface area contributed by atoms with E-state index in [2.05, 4.69) is 15.5 Å². The lowest BCUT2D eigenvalue weighted by Crippen LogP contribution is -2.41. The summed E-state index contributed by atoms with van der Waals surface area (Å²) in [5.74, 6) is 0.731. The van der Waals surface area contributed by atoms with Gasteiger partial charge >= 0.3 is 5.95 Å². The van der Waals surface area contributed by atoms with Gasteiger partial charge in [0.25, 0.3) is 0 Å². The first-order valence-electron chi connectivity index (χ1n) is 10.2. The minimum absolute atomic E-state index is 0.0793. The number of piperidine rings is 1. The van der Waals surface area contributed by atoms with E-state index < -0.39 is 0 Å². The van der Waals surface area contributed by atoms with E-state index in [9.17, 15) is 4.79 Å². The van der Waals surface area contributed by atoms with Gasteiger partial charge in [-0.3, -0.25) is 10.5 Å². The fraction of sp³-hybridized carbons (Fsp3) is 0.391. The number of Topliss-reactive ketones (excluding diaryl/α,β-unsaturated/α-hetero) is 1. The van der Waals surface area contributed by atoms with Crippen LogP contribution in [0.2, 0.25) is 0 Å². The zero-order valence-electron chi connectivity index (χ0n) is 16.6. The average molecular weight is 378 g/mol. The lowest BCUT2D eigenvalue weighted by Gasteiger charge is -2.25. The maximum Gasteiger partial charge on any atom is 0.356 e. The molecule has 146 valence electrons. The molecular weight excluding hydrogens is 348 g/mol. The molecule has 1 aromatic heterocycles. The topological polar surface area (TPSA) is 55.1 Å². The summed E-state index contributed by atoms with van der Waals surface area (Å²) >= 11 is 0. The van der Waals surface area contributed by atoms with E-state index in [1.165, 1.54) is 32.4 Å². The molecule has 2 N–H and O–H groups in total. The number of anilines is 1. The lowest BCUT2D eigenvalue weighted by molar-refractivity contribution is -0.642. The van der Waals surface area contributed by atoms with Gasteiger partial charge < -0.3 is 4.90 Å². The second kappa shape index (κ2) is 8.15. The highest BCUT2D eigenvalue weighted by molar-refractivity contribution is 5.95. The molecule has 3 aromatic rings. The molecule has 0 aliphatic carbocycles. The molecule has 5 heteroatoms. The highest BCUT2D eigenvalue weighted by Crippen LogP contribution is 2.17. The van der Waals surface area contributed by atoms with E-state index in [1.54, 1.807) is 0 Å². The second-order valence-corrected chi connectivity index (χ2v) is 7.78. The molecule has 1 fully saturated rings. The van der Waals surface area contributed by atoms with Crippen molar-refractivity contribution in [2.24, 2.45) is 0 Å². The summed E-state index contributed by atoms with van der Waals surface area (Å²) in [7, 11) is 0. The van der Waals surface area contributed by atoms with Crippen molar-refractivity contribution in [1.82, 2.24) is 9.47 Å². The second-order valence-electron chi connectivity index (χ2n) is 7.78. The van der Waals surface area contributed by atoms with E-state index in [0.717, 1.165) is 35.2 Å². The van der Waals surface area contributed by atoms with Crippen LogP contribution in [0.5, 0.6) is 0 Å². The highest BCUT2D eigenvalue weighted by atomic mass is 16.1. The smallest absolute Gasteiger partial charge is 0.300 e. The molecule has 1 aliphatic heterocycles. The minimum Gasteiger partial charge on any atom is -0.300 e. The van der Waals surface area contributed by atoms with Gasteiger partial charge in [-0.1, -0.05) is 48.4 Å². The fourth-order valence-corrected chi connectivity index (χ4v) is 4.11. The highest BCUT2D eigenvalue weighted by Gasteiger charge is 2.23. The van der Waals surface area contributed by atoms with Gasteiger partial charge in [0.1, 0.15) is 17.6 Å². The van der Waals surface area contributed by atoms with E-state index >= 15 is 0 Å². The largest absolute Gasteiger partial charge is 0.356 e. The molecule has 0 amide bonds. The Labute approximate surface area is 166 Å². The molecule has 2 aromatic carbocycles. The number of benzene rings is 2. The molecule has 4 rings (SSSR count). The number of nitrogens with two attached hydrogens (primary N) is 1. The molecule has 1 saturated heterocycles. The van der Waals surface area contributed by atoms with Crippen molar-refractivity contribution in [2.45, 2.75) is 39.3 Å². The van der Waals surface area contributed by atoms with Crippen LogP contribution in [-0.2, 0) is 13.1 Å². The summed E-state index contributed by atoms with van der Waals surface area (Å²) in [6.45, 7) is 6.46. The number of ketones is 1. The van der Waals surface area contributed by atoms with E-state index in [4.69, 9.17) is 5.73 Å². The number of hydrogen-bond acceptors (Lipinski definition) is 3. The Balaban J connectivity index is 1.60. The third-order valence-corrected chi connectivity index (χ3v) is 5.78. The summed E-state index contributed by atoms with van der Waals surface area (Å²) in [5, 5.41) is 0. The van der Waals surface area contributed by atoms with Gasteiger partial charge in [-0.2, -0.15) is 0 Å². The van der Waals surface area contributed by atoms with Crippen molar-refractivity contribution >= 4 is 22.8 Å². The van der Waals surface area contributed by atoms with E-state index in [0.29, 0.717) is 5.95 Å². The van der Waals surface area contributed by atoms with Gasteiger partial charge in [0.05, 0.1) is 6.54 Å². The number of rotatable bonds is 6. The number of imidazole rings is 1. The summed E-state index contributed by atoms with van der Waals surface area (Å²) in [6.07, 6.45) is 3.91. The quantitative estimate of drug-likeness (QED) is 0.530. The first-order valence-corrected chi connectivity index (χ1v) is 10.2. The van der Waals surface area contributed by atoms with Gasteiger partial charge in [0.15, 0.2) is 5.78 Å². The number of aryl methyl sites for hydroxylation is 1. The third kappa shape index (κ3) is 3.80. The van der Waals surface area contributed by atoms with Crippen LogP contribution in [0.4, 0.5) is 5.95 Å². The van der Waals surface area contributed by atoms with Crippen LogP contribution >= 0.6 is 0 Å². The minimum atomic E-state index is 0.0793. The molecule has 0 bridgehead atoms. The molecule has 0 atom stereocenters.